The Morgan fingerprint density at radius 2 is 1.55 bits per heavy atom. The van der Waals surface area contributed by atoms with Gasteiger partial charge in [-0.1, -0.05) is 30.3 Å². The Morgan fingerprint density at radius 1 is 1.00 bits per heavy atom. The molecule has 0 saturated heterocycles. The van der Waals surface area contributed by atoms with E-state index >= 15 is 0 Å². The Kier molecular flexibility index (Phi) is 2.74. The van der Waals surface area contributed by atoms with Gasteiger partial charge in [0.05, 0.1) is 0 Å². The lowest BCUT2D eigenvalue weighted by Crippen LogP contribution is -2.33. The van der Waals surface area contributed by atoms with Crippen LogP contribution in [0.4, 0.5) is 0 Å². The smallest absolute Gasteiger partial charge is 0.214 e. The quantitative estimate of drug-likeness (QED) is 0.452. The summed E-state index contributed by atoms with van der Waals surface area (Å²) < 4.78 is 0. The van der Waals surface area contributed by atoms with Gasteiger partial charge < -0.3 is 9.59 Å². The molecule has 0 saturated carbocycles. The summed E-state index contributed by atoms with van der Waals surface area (Å²) in [5.74, 6) is 1.56. The molecule has 0 aromatic heterocycles. The lowest BCUT2D eigenvalue weighted by molar-refractivity contribution is 0.563. The van der Waals surface area contributed by atoms with E-state index < -0.39 is 8.80 Å². The predicted octanol–water partition coefficient (Wildman–Crippen LogP) is -0.336. The average molecular weight is 164 g/mol. The Balaban J connectivity index is 2.90. The van der Waals surface area contributed by atoms with Crippen molar-refractivity contribution >= 4 is 25.8 Å². The minimum atomic E-state index is -1.91. The zero-order chi connectivity index (χ0) is 8.10. The third-order valence-corrected chi connectivity index (χ3v) is 3.22. The van der Waals surface area contributed by atoms with Gasteiger partial charge in [0.15, 0.2) is 0 Å². The fourth-order valence-electron chi connectivity index (χ4n) is 0.864. The van der Waals surface area contributed by atoms with E-state index in [1.54, 1.807) is 0 Å². The molecule has 1 aromatic rings. The molecule has 0 aliphatic heterocycles. The highest BCUT2D eigenvalue weighted by molar-refractivity contribution is 7.11. The highest BCUT2D eigenvalue weighted by atomic mass is 28.3. The second kappa shape index (κ2) is 3.83. The fraction of sp³-hybridized carbons (Fsp3) is 0. The lowest BCUT2D eigenvalue weighted by atomic mass is 10.4. The van der Waals surface area contributed by atoms with Gasteiger partial charge in [-0.3, -0.25) is 0 Å². The van der Waals surface area contributed by atoms with Crippen LogP contribution in [0.3, 0.4) is 0 Å². The molecule has 11 heavy (non-hydrogen) atoms. The van der Waals surface area contributed by atoms with Crippen LogP contribution in [0, 0.1) is 0 Å². The van der Waals surface area contributed by atoms with Gasteiger partial charge in [0.2, 0.25) is 8.80 Å². The van der Waals surface area contributed by atoms with E-state index in [2.05, 4.69) is 0 Å². The minimum absolute atomic E-state index is 0.780. The normalized spacial score (nSPS) is 9.55. The number of carbonyl (C=O) groups is 2. The maximum Gasteiger partial charge on any atom is 0.214 e. The topological polar surface area (TPSA) is 34.1 Å². The number of hydrogen-bond acceptors (Lipinski definition) is 2. The molecule has 0 bridgehead atoms. The molecule has 0 aliphatic rings. The van der Waals surface area contributed by atoms with Crippen molar-refractivity contribution < 1.29 is 9.59 Å². The van der Waals surface area contributed by atoms with Gasteiger partial charge in [0, 0.05) is 0 Å². The molecule has 1 rings (SSSR count). The van der Waals surface area contributed by atoms with Crippen LogP contribution in [0.25, 0.3) is 0 Å². The summed E-state index contributed by atoms with van der Waals surface area (Å²) in [5, 5.41) is 0.887. The molecule has 0 radical (unpaired) electrons. The summed E-state index contributed by atoms with van der Waals surface area (Å²) in [6.07, 6.45) is 0. The highest BCUT2D eigenvalue weighted by Gasteiger charge is 2.09. The second-order valence-electron chi connectivity index (χ2n) is 2.21. The summed E-state index contributed by atoms with van der Waals surface area (Å²) in [7, 11) is -1.91. The molecule has 0 unspecified atom stereocenters. The molecular weight excluding hydrogens is 156 g/mol. The van der Waals surface area contributed by atoms with E-state index in [0.29, 0.717) is 0 Å². The summed E-state index contributed by atoms with van der Waals surface area (Å²) in [5.41, 5.74) is 0. The number of hydrogen-bond donors (Lipinski definition) is 0. The molecule has 1 aromatic carbocycles. The number of rotatable bonds is 3. The first-order valence-electron chi connectivity index (χ1n) is 3.34. The maximum absolute atomic E-state index is 10.4. The second-order valence-corrected chi connectivity index (χ2v) is 4.47. The van der Waals surface area contributed by atoms with Crippen molar-refractivity contribution in [1.29, 1.82) is 0 Å². The van der Waals surface area contributed by atoms with Crippen LogP contribution in [0.1, 0.15) is 0 Å². The van der Waals surface area contributed by atoms with Crippen LogP contribution in [-0.4, -0.2) is 20.6 Å². The first-order valence-corrected chi connectivity index (χ1v) is 5.25. The zero-order valence-electron chi connectivity index (χ0n) is 5.94. The van der Waals surface area contributed by atoms with Crippen LogP contribution >= 0.6 is 0 Å². The summed E-state index contributed by atoms with van der Waals surface area (Å²) >= 11 is 0. The van der Waals surface area contributed by atoms with Gasteiger partial charge in [0.25, 0.3) is 0 Å². The van der Waals surface area contributed by atoms with Gasteiger partial charge in [-0.15, -0.1) is 0 Å². The predicted molar refractivity (Wildman–Crippen MR) is 46.7 cm³/mol. The summed E-state index contributed by atoms with van der Waals surface area (Å²) in [6.45, 7) is 0. The van der Waals surface area contributed by atoms with Gasteiger partial charge in [-0.25, -0.2) is 0 Å². The van der Waals surface area contributed by atoms with Crippen molar-refractivity contribution in [2.24, 2.45) is 0 Å². The van der Waals surface area contributed by atoms with Crippen molar-refractivity contribution in [2.75, 3.05) is 0 Å². The van der Waals surface area contributed by atoms with Crippen LogP contribution < -0.4 is 5.19 Å². The van der Waals surface area contributed by atoms with E-state index in [4.69, 9.17) is 0 Å². The monoisotopic (exact) mass is 164 g/mol. The standard InChI is InChI=1S/C8H8O2Si/c9-6-11(7-10)8-4-2-1-3-5-8/h1-7,11H. The highest BCUT2D eigenvalue weighted by Crippen LogP contribution is 1.83. The van der Waals surface area contributed by atoms with Crippen molar-refractivity contribution in [1.82, 2.24) is 0 Å². The zero-order valence-corrected chi connectivity index (χ0v) is 7.09. The SMILES string of the molecule is O=C[SiH](C=O)c1ccccc1. The first kappa shape index (κ1) is 7.88. The molecule has 0 amide bonds. The fourth-order valence-corrected chi connectivity index (χ4v) is 1.91. The van der Waals surface area contributed by atoms with Crippen LogP contribution in [0.2, 0.25) is 0 Å². The Labute approximate surface area is 66.5 Å². The molecule has 0 heterocycles. The average Bonchev–Trinajstić information content (AvgIpc) is 2.09. The molecule has 2 nitrogen and oxygen atoms in total. The largest absolute Gasteiger partial charge is 0.308 e. The first-order chi connectivity index (χ1) is 5.38. The molecule has 0 N–H and O–H groups in total. The third-order valence-electron chi connectivity index (χ3n) is 1.48. The number of carbonyl (C=O) groups excluding carboxylic acids is 2. The van der Waals surface area contributed by atoms with Crippen molar-refractivity contribution in [2.45, 2.75) is 0 Å². The van der Waals surface area contributed by atoms with Crippen molar-refractivity contribution in [3.05, 3.63) is 30.3 Å². The number of benzene rings is 1. The molecule has 0 aliphatic carbocycles. The summed E-state index contributed by atoms with van der Waals surface area (Å²) in [6, 6.07) is 9.18. The Bertz CT molecular complexity index is 238. The maximum atomic E-state index is 10.4. The van der Waals surface area contributed by atoms with Gasteiger partial charge in [-0.2, -0.15) is 0 Å². The molecular formula is C8H8O2Si. The van der Waals surface area contributed by atoms with Crippen LogP contribution in [-0.2, 0) is 9.59 Å². The van der Waals surface area contributed by atoms with Gasteiger partial charge in [0.1, 0.15) is 11.8 Å². The Morgan fingerprint density at radius 3 is 2.00 bits per heavy atom. The van der Waals surface area contributed by atoms with Gasteiger partial charge >= 0.3 is 0 Å². The Hall–Kier alpha value is -1.22. The third kappa shape index (κ3) is 1.85. The van der Waals surface area contributed by atoms with Gasteiger partial charge in [-0.05, 0) is 5.19 Å². The van der Waals surface area contributed by atoms with E-state index in [9.17, 15) is 9.59 Å². The molecule has 0 spiro atoms. The van der Waals surface area contributed by atoms with Crippen molar-refractivity contribution in [3.63, 3.8) is 0 Å². The molecule has 0 fully saturated rings. The molecule has 56 valence electrons. The molecule has 3 heteroatoms. The van der Waals surface area contributed by atoms with E-state index in [1.807, 2.05) is 30.3 Å². The van der Waals surface area contributed by atoms with E-state index in [1.165, 1.54) is 0 Å². The van der Waals surface area contributed by atoms with E-state index in [0.717, 1.165) is 17.0 Å². The van der Waals surface area contributed by atoms with E-state index in [-0.39, 0.29) is 0 Å². The van der Waals surface area contributed by atoms with Crippen molar-refractivity contribution in [3.8, 4) is 0 Å². The molecule has 0 atom stereocenters. The van der Waals surface area contributed by atoms with Crippen LogP contribution in [0.15, 0.2) is 30.3 Å². The van der Waals surface area contributed by atoms with Crippen LogP contribution in [0.5, 0.6) is 0 Å². The summed E-state index contributed by atoms with van der Waals surface area (Å²) in [4.78, 5) is 20.7. The lowest BCUT2D eigenvalue weighted by Gasteiger charge is -1.97. The minimum Gasteiger partial charge on any atom is -0.308 e.